The Morgan fingerprint density at radius 3 is 2.54 bits per heavy atom. The third kappa shape index (κ3) is 3.13. The Morgan fingerprint density at radius 2 is 1.83 bits per heavy atom. The fourth-order valence-electron chi connectivity index (χ4n) is 4.23. The van der Waals surface area contributed by atoms with Gasteiger partial charge in [0.2, 0.25) is 5.91 Å². The van der Waals surface area contributed by atoms with Crippen molar-refractivity contribution in [1.82, 2.24) is 14.7 Å². The van der Waals surface area contributed by atoms with Crippen molar-refractivity contribution >= 4 is 5.91 Å². The molecular formula is C19H27N3O2. The summed E-state index contributed by atoms with van der Waals surface area (Å²) in [5.74, 6) is 1.12. The minimum absolute atomic E-state index is 0.0450. The largest absolute Gasteiger partial charge is 0.342 e. The molecule has 0 radical (unpaired) electrons. The molecule has 1 amide bonds. The molecule has 0 N–H and O–H groups in total. The zero-order valence-corrected chi connectivity index (χ0v) is 14.4. The predicted octanol–water partition coefficient (Wildman–Crippen LogP) is 2.16. The van der Waals surface area contributed by atoms with Crippen molar-refractivity contribution in [2.75, 3.05) is 13.1 Å². The van der Waals surface area contributed by atoms with Crippen molar-refractivity contribution in [3.8, 4) is 0 Å². The van der Waals surface area contributed by atoms with E-state index >= 15 is 0 Å². The van der Waals surface area contributed by atoms with Crippen molar-refractivity contribution in [3.63, 3.8) is 0 Å². The third-order valence-corrected chi connectivity index (χ3v) is 6.09. The van der Waals surface area contributed by atoms with Crippen LogP contribution in [0.1, 0.15) is 56.2 Å². The zero-order chi connectivity index (χ0) is 16.5. The second kappa shape index (κ2) is 6.69. The van der Waals surface area contributed by atoms with Gasteiger partial charge in [-0.05, 0) is 62.8 Å². The molecule has 1 saturated heterocycles. The van der Waals surface area contributed by atoms with Crippen LogP contribution in [0, 0.1) is 11.8 Å². The van der Waals surface area contributed by atoms with Crippen LogP contribution in [-0.2, 0) is 24.2 Å². The van der Waals surface area contributed by atoms with Gasteiger partial charge in [-0.15, -0.1) is 0 Å². The van der Waals surface area contributed by atoms with E-state index in [1.54, 1.807) is 10.7 Å². The summed E-state index contributed by atoms with van der Waals surface area (Å²) in [7, 11) is 0. The smallest absolute Gasteiger partial charge is 0.267 e. The van der Waals surface area contributed by atoms with Crippen molar-refractivity contribution in [3.05, 3.63) is 27.7 Å². The molecule has 3 aliphatic rings. The number of amides is 1. The molecule has 130 valence electrons. The summed E-state index contributed by atoms with van der Waals surface area (Å²) >= 11 is 0. The molecule has 0 spiro atoms. The van der Waals surface area contributed by atoms with Gasteiger partial charge in [0.1, 0.15) is 0 Å². The van der Waals surface area contributed by atoms with E-state index in [2.05, 4.69) is 5.10 Å². The molecule has 1 saturated carbocycles. The number of aryl methyl sites for hydroxylation is 2. The maximum atomic E-state index is 12.3. The van der Waals surface area contributed by atoms with Gasteiger partial charge in [-0.2, -0.15) is 5.10 Å². The van der Waals surface area contributed by atoms with Gasteiger partial charge in [-0.3, -0.25) is 9.59 Å². The summed E-state index contributed by atoms with van der Waals surface area (Å²) in [6, 6.07) is 1.80. The lowest BCUT2D eigenvalue weighted by Crippen LogP contribution is -2.44. The Labute approximate surface area is 143 Å². The number of fused-ring (bicyclic) bond motifs is 1. The minimum Gasteiger partial charge on any atom is -0.342 e. The summed E-state index contributed by atoms with van der Waals surface area (Å²) in [5.41, 5.74) is 2.32. The molecule has 1 aliphatic heterocycles. The molecule has 1 aromatic heterocycles. The number of aromatic nitrogens is 2. The SMILES string of the molecule is O=C(C1CCC1)N1CCC(Cn2nc3c(cc2=O)CCCC3)CC1. The van der Waals surface area contributed by atoms with Crippen LogP contribution in [0.3, 0.4) is 0 Å². The molecule has 5 heteroatoms. The molecule has 24 heavy (non-hydrogen) atoms. The highest BCUT2D eigenvalue weighted by Crippen LogP contribution is 2.30. The molecule has 0 atom stereocenters. The Kier molecular flexibility index (Phi) is 4.42. The number of carbonyl (C=O) groups excluding carboxylic acids is 1. The van der Waals surface area contributed by atoms with Gasteiger partial charge in [-0.25, -0.2) is 4.68 Å². The summed E-state index contributed by atoms with van der Waals surface area (Å²) in [6.07, 6.45) is 9.70. The average molecular weight is 329 g/mol. The number of hydrogen-bond acceptors (Lipinski definition) is 3. The topological polar surface area (TPSA) is 55.2 Å². The number of rotatable bonds is 3. The summed E-state index contributed by atoms with van der Waals surface area (Å²) in [6.45, 7) is 2.40. The van der Waals surface area contributed by atoms with E-state index in [0.29, 0.717) is 24.3 Å². The van der Waals surface area contributed by atoms with Gasteiger partial charge in [0.15, 0.2) is 0 Å². The van der Waals surface area contributed by atoms with Crippen LogP contribution >= 0.6 is 0 Å². The first-order valence-electron chi connectivity index (χ1n) is 9.59. The van der Waals surface area contributed by atoms with Gasteiger partial charge in [0, 0.05) is 31.6 Å². The molecule has 5 nitrogen and oxygen atoms in total. The average Bonchev–Trinajstić information content (AvgIpc) is 2.54. The minimum atomic E-state index is 0.0450. The van der Waals surface area contributed by atoms with Crippen LogP contribution in [-0.4, -0.2) is 33.7 Å². The standard InChI is InChI=1S/C19H27N3O2/c23-18-12-16-4-1-2-7-17(16)20-22(18)13-14-8-10-21(11-9-14)19(24)15-5-3-6-15/h12,14-15H,1-11,13H2. The number of nitrogens with zero attached hydrogens (tertiary/aromatic N) is 3. The summed E-state index contributed by atoms with van der Waals surface area (Å²) in [5, 5.41) is 4.64. The van der Waals surface area contributed by atoms with E-state index < -0.39 is 0 Å². The van der Waals surface area contributed by atoms with Crippen molar-refractivity contribution in [1.29, 1.82) is 0 Å². The molecule has 0 bridgehead atoms. The Morgan fingerprint density at radius 1 is 1.08 bits per heavy atom. The molecule has 1 aromatic rings. The van der Waals surface area contributed by atoms with Crippen molar-refractivity contribution in [2.24, 2.45) is 11.8 Å². The number of hydrogen-bond donors (Lipinski definition) is 0. The zero-order valence-electron chi connectivity index (χ0n) is 14.4. The Hall–Kier alpha value is -1.65. The molecule has 2 heterocycles. The molecule has 4 rings (SSSR count). The first kappa shape index (κ1) is 15.9. The second-order valence-corrected chi connectivity index (χ2v) is 7.74. The Balaban J connectivity index is 1.37. The highest BCUT2D eigenvalue weighted by molar-refractivity contribution is 5.79. The fraction of sp³-hybridized carbons (Fsp3) is 0.737. The van der Waals surface area contributed by atoms with Crippen LogP contribution in [0.5, 0.6) is 0 Å². The summed E-state index contributed by atoms with van der Waals surface area (Å²) < 4.78 is 1.68. The van der Waals surface area contributed by atoms with Crippen LogP contribution in [0.15, 0.2) is 10.9 Å². The van der Waals surface area contributed by atoms with Crippen molar-refractivity contribution in [2.45, 2.75) is 64.3 Å². The first-order chi connectivity index (χ1) is 11.7. The van der Waals surface area contributed by atoms with Gasteiger partial charge in [-0.1, -0.05) is 6.42 Å². The molecule has 0 unspecified atom stereocenters. The quantitative estimate of drug-likeness (QED) is 0.854. The first-order valence-corrected chi connectivity index (χ1v) is 9.59. The fourth-order valence-corrected chi connectivity index (χ4v) is 4.23. The monoisotopic (exact) mass is 329 g/mol. The van der Waals surface area contributed by atoms with Gasteiger partial charge in [0.25, 0.3) is 5.56 Å². The van der Waals surface area contributed by atoms with E-state index in [1.807, 2.05) is 4.90 Å². The lowest BCUT2D eigenvalue weighted by Gasteiger charge is -2.36. The molecule has 2 fully saturated rings. The van der Waals surface area contributed by atoms with E-state index in [-0.39, 0.29) is 5.56 Å². The van der Waals surface area contributed by atoms with Crippen LogP contribution in [0.25, 0.3) is 0 Å². The second-order valence-electron chi connectivity index (χ2n) is 7.74. The Bertz CT molecular complexity index is 670. The lowest BCUT2D eigenvalue weighted by atomic mass is 9.83. The molecular weight excluding hydrogens is 302 g/mol. The predicted molar refractivity (Wildman–Crippen MR) is 91.8 cm³/mol. The maximum Gasteiger partial charge on any atom is 0.267 e. The lowest BCUT2D eigenvalue weighted by molar-refractivity contribution is -0.139. The van der Waals surface area contributed by atoms with Gasteiger partial charge in [0.05, 0.1) is 5.69 Å². The highest BCUT2D eigenvalue weighted by atomic mass is 16.2. The number of carbonyl (C=O) groups is 1. The molecule has 0 aromatic carbocycles. The highest BCUT2D eigenvalue weighted by Gasteiger charge is 2.31. The maximum absolute atomic E-state index is 12.3. The number of likely N-dealkylation sites (tertiary alicyclic amines) is 1. The van der Waals surface area contributed by atoms with Crippen LogP contribution < -0.4 is 5.56 Å². The van der Waals surface area contributed by atoms with Crippen LogP contribution in [0.2, 0.25) is 0 Å². The summed E-state index contributed by atoms with van der Waals surface area (Å²) in [4.78, 5) is 26.7. The van der Waals surface area contributed by atoms with E-state index in [1.165, 1.54) is 19.3 Å². The van der Waals surface area contributed by atoms with E-state index in [0.717, 1.165) is 62.9 Å². The molecule has 2 aliphatic carbocycles. The van der Waals surface area contributed by atoms with Gasteiger partial charge >= 0.3 is 0 Å². The van der Waals surface area contributed by atoms with E-state index in [4.69, 9.17) is 0 Å². The number of piperidine rings is 1. The third-order valence-electron chi connectivity index (χ3n) is 6.09. The van der Waals surface area contributed by atoms with Gasteiger partial charge < -0.3 is 4.90 Å². The normalized spacial score (nSPS) is 22.1. The van der Waals surface area contributed by atoms with Crippen molar-refractivity contribution < 1.29 is 4.79 Å². The van der Waals surface area contributed by atoms with E-state index in [9.17, 15) is 9.59 Å². The van der Waals surface area contributed by atoms with Crippen LogP contribution in [0.4, 0.5) is 0 Å².